The van der Waals surface area contributed by atoms with Gasteiger partial charge in [0.1, 0.15) is 10.6 Å². The van der Waals surface area contributed by atoms with Gasteiger partial charge in [0.25, 0.3) is 5.91 Å². The van der Waals surface area contributed by atoms with Crippen molar-refractivity contribution in [1.82, 2.24) is 9.88 Å². The van der Waals surface area contributed by atoms with Crippen molar-refractivity contribution < 1.29 is 13.2 Å². The van der Waals surface area contributed by atoms with Gasteiger partial charge in [-0.1, -0.05) is 65.7 Å². The Kier molecular flexibility index (Phi) is 6.62. The van der Waals surface area contributed by atoms with E-state index in [1.54, 1.807) is 23.1 Å². The molecule has 1 amide bonds. The average Bonchev–Trinajstić information content (AvgIpc) is 3.27. The van der Waals surface area contributed by atoms with Gasteiger partial charge >= 0.3 is 0 Å². The summed E-state index contributed by atoms with van der Waals surface area (Å²) in [5.74, 6) is 0.152. The number of hydrogen-bond donors (Lipinski definition) is 1. The molecule has 1 aromatic heterocycles. The summed E-state index contributed by atoms with van der Waals surface area (Å²) >= 11 is 12.3. The van der Waals surface area contributed by atoms with Crippen LogP contribution in [0, 0.1) is 5.92 Å². The Hall–Kier alpha value is -2.80. The number of carbonyl (C=O) groups excluding carboxylic acids is 1. The number of carbonyl (C=O) groups is 1. The summed E-state index contributed by atoms with van der Waals surface area (Å²) in [5, 5.41) is 1.19. The minimum Gasteiger partial charge on any atom is -0.348 e. The lowest BCUT2D eigenvalue weighted by Gasteiger charge is -2.32. The van der Waals surface area contributed by atoms with Gasteiger partial charge in [0.2, 0.25) is 9.84 Å². The number of hydrogen-bond acceptors (Lipinski definition) is 3. The van der Waals surface area contributed by atoms with Gasteiger partial charge in [0.15, 0.2) is 0 Å². The highest BCUT2D eigenvalue weighted by Gasteiger charge is 2.33. The maximum Gasteiger partial charge on any atom is 0.271 e. The van der Waals surface area contributed by atoms with Gasteiger partial charge in [-0.05, 0) is 61.1 Å². The molecule has 1 aliphatic rings. The smallest absolute Gasteiger partial charge is 0.271 e. The van der Waals surface area contributed by atoms with E-state index >= 15 is 0 Å². The summed E-state index contributed by atoms with van der Waals surface area (Å²) in [4.78, 5) is 18.5. The molecule has 5 nitrogen and oxygen atoms in total. The molecule has 35 heavy (non-hydrogen) atoms. The van der Waals surface area contributed by atoms with Crippen LogP contribution in [-0.4, -0.2) is 37.3 Å². The van der Waals surface area contributed by atoms with Crippen molar-refractivity contribution in [3.05, 3.63) is 94.1 Å². The number of aromatic nitrogens is 1. The monoisotopic (exact) mass is 526 g/mol. The van der Waals surface area contributed by atoms with Gasteiger partial charge in [-0.15, -0.1) is 0 Å². The van der Waals surface area contributed by atoms with Gasteiger partial charge in [-0.3, -0.25) is 4.79 Å². The van der Waals surface area contributed by atoms with E-state index in [1.807, 2.05) is 18.2 Å². The van der Waals surface area contributed by atoms with Crippen LogP contribution in [0.1, 0.15) is 28.9 Å². The standard InChI is InChI=1S/C27H24Cl2N2O3S/c28-20-9-11-21(12-10-20)35(33,34)26-22-7-4-8-23(29)24(22)30-25(26)27(32)31-15-13-19(14-16-31)17-18-5-2-1-3-6-18/h1-12,19,30H,13-17H2. The summed E-state index contributed by atoms with van der Waals surface area (Å²) in [6, 6.07) is 21.3. The van der Waals surface area contributed by atoms with Gasteiger partial charge in [0.05, 0.1) is 15.4 Å². The van der Waals surface area contributed by atoms with E-state index < -0.39 is 9.84 Å². The Labute approximate surface area is 214 Å². The third-order valence-electron chi connectivity index (χ3n) is 6.61. The Bertz CT molecular complexity index is 1470. The van der Waals surface area contributed by atoms with Crippen molar-refractivity contribution in [1.29, 1.82) is 0 Å². The normalized spacial score (nSPS) is 15.0. The Morgan fingerprint density at radius 2 is 1.60 bits per heavy atom. The molecule has 0 radical (unpaired) electrons. The van der Waals surface area contributed by atoms with Crippen molar-refractivity contribution >= 4 is 49.8 Å². The fraction of sp³-hybridized carbons (Fsp3) is 0.222. The molecule has 0 saturated carbocycles. The van der Waals surface area contributed by atoms with Crippen molar-refractivity contribution in [2.45, 2.75) is 29.1 Å². The topological polar surface area (TPSA) is 70.2 Å². The molecule has 8 heteroatoms. The predicted molar refractivity (Wildman–Crippen MR) is 139 cm³/mol. The van der Waals surface area contributed by atoms with Gasteiger partial charge in [0, 0.05) is 23.5 Å². The lowest BCUT2D eigenvalue weighted by atomic mass is 9.90. The number of piperidine rings is 1. The largest absolute Gasteiger partial charge is 0.348 e. The minimum atomic E-state index is -4.02. The summed E-state index contributed by atoms with van der Waals surface area (Å²) in [7, 11) is -4.02. The lowest BCUT2D eigenvalue weighted by molar-refractivity contribution is 0.0681. The molecule has 3 aromatic carbocycles. The van der Waals surface area contributed by atoms with Gasteiger partial charge in [-0.25, -0.2) is 8.42 Å². The predicted octanol–water partition coefficient (Wildman–Crippen LogP) is 6.40. The first-order valence-electron chi connectivity index (χ1n) is 11.5. The molecule has 1 N–H and O–H groups in total. The summed E-state index contributed by atoms with van der Waals surface area (Å²) in [5.41, 5.74) is 1.77. The summed E-state index contributed by atoms with van der Waals surface area (Å²) in [6.45, 7) is 1.14. The van der Waals surface area contributed by atoms with Crippen LogP contribution in [0.5, 0.6) is 0 Å². The van der Waals surface area contributed by atoms with E-state index in [2.05, 4.69) is 17.1 Å². The third kappa shape index (κ3) is 4.70. The number of nitrogens with one attached hydrogen (secondary N) is 1. The van der Waals surface area contributed by atoms with Crippen LogP contribution in [-0.2, 0) is 16.3 Å². The Morgan fingerprint density at radius 3 is 2.29 bits per heavy atom. The molecule has 1 fully saturated rings. The maximum absolute atomic E-state index is 13.7. The molecule has 0 unspecified atom stereocenters. The van der Waals surface area contributed by atoms with Crippen molar-refractivity contribution in [3.63, 3.8) is 0 Å². The summed E-state index contributed by atoms with van der Waals surface area (Å²) < 4.78 is 27.4. The molecular weight excluding hydrogens is 503 g/mol. The highest BCUT2D eigenvalue weighted by atomic mass is 35.5. The molecule has 1 saturated heterocycles. The van der Waals surface area contributed by atoms with E-state index in [-0.39, 0.29) is 21.4 Å². The number of H-pyrrole nitrogens is 1. The third-order valence-corrected chi connectivity index (χ3v) is 9.03. The maximum atomic E-state index is 13.7. The molecule has 0 spiro atoms. The zero-order chi connectivity index (χ0) is 24.6. The highest BCUT2D eigenvalue weighted by molar-refractivity contribution is 7.91. The van der Waals surface area contributed by atoms with Crippen LogP contribution < -0.4 is 0 Å². The second kappa shape index (κ2) is 9.69. The zero-order valence-electron chi connectivity index (χ0n) is 18.9. The molecule has 1 aliphatic heterocycles. The van der Waals surface area contributed by atoms with Gasteiger partial charge in [-0.2, -0.15) is 0 Å². The van der Waals surface area contributed by atoms with Crippen LogP contribution in [0.3, 0.4) is 0 Å². The first kappa shape index (κ1) is 23.9. The van der Waals surface area contributed by atoms with Crippen LogP contribution in [0.4, 0.5) is 0 Å². The number of fused-ring (bicyclic) bond motifs is 1. The number of nitrogens with zero attached hydrogens (tertiary/aromatic N) is 1. The van der Waals surface area contributed by atoms with E-state index in [1.165, 1.54) is 29.8 Å². The molecule has 180 valence electrons. The van der Waals surface area contributed by atoms with E-state index in [9.17, 15) is 13.2 Å². The number of rotatable bonds is 5. The minimum absolute atomic E-state index is 0.0459. The molecule has 4 aromatic rings. The zero-order valence-corrected chi connectivity index (χ0v) is 21.2. The molecule has 2 heterocycles. The van der Waals surface area contributed by atoms with E-state index in [4.69, 9.17) is 23.2 Å². The number of para-hydroxylation sites is 1. The Balaban J connectivity index is 1.47. The number of benzene rings is 3. The fourth-order valence-corrected chi connectivity index (χ4v) is 6.71. The lowest BCUT2D eigenvalue weighted by Crippen LogP contribution is -2.39. The molecular formula is C27H24Cl2N2O3S. The first-order chi connectivity index (χ1) is 16.8. The second-order valence-electron chi connectivity index (χ2n) is 8.87. The van der Waals surface area contributed by atoms with Crippen molar-refractivity contribution in [2.75, 3.05) is 13.1 Å². The van der Waals surface area contributed by atoms with Crippen molar-refractivity contribution in [2.24, 2.45) is 5.92 Å². The number of likely N-dealkylation sites (tertiary alicyclic amines) is 1. The van der Waals surface area contributed by atoms with Crippen LogP contribution in [0.2, 0.25) is 10.0 Å². The Morgan fingerprint density at radius 1 is 0.914 bits per heavy atom. The van der Waals surface area contributed by atoms with Crippen molar-refractivity contribution in [3.8, 4) is 0 Å². The highest BCUT2D eigenvalue weighted by Crippen LogP contribution is 2.36. The van der Waals surface area contributed by atoms with Crippen LogP contribution in [0.25, 0.3) is 10.9 Å². The number of amides is 1. The SMILES string of the molecule is O=C(c1[nH]c2c(Cl)cccc2c1S(=O)(=O)c1ccc(Cl)cc1)N1CCC(Cc2ccccc2)CC1. The second-order valence-corrected chi connectivity index (χ2v) is 11.6. The molecule has 5 rings (SSSR count). The molecule has 0 aliphatic carbocycles. The van der Waals surface area contributed by atoms with Gasteiger partial charge < -0.3 is 9.88 Å². The molecule has 0 bridgehead atoms. The van der Waals surface area contributed by atoms with Crippen LogP contribution in [0.15, 0.2) is 82.6 Å². The van der Waals surface area contributed by atoms with E-state index in [0.29, 0.717) is 40.0 Å². The number of aromatic amines is 1. The summed E-state index contributed by atoms with van der Waals surface area (Å²) in [6.07, 6.45) is 2.70. The van der Waals surface area contributed by atoms with Crippen LogP contribution >= 0.6 is 23.2 Å². The quantitative estimate of drug-likeness (QED) is 0.327. The average molecular weight is 527 g/mol. The number of sulfone groups is 1. The number of halogens is 2. The first-order valence-corrected chi connectivity index (χ1v) is 13.7. The van der Waals surface area contributed by atoms with E-state index in [0.717, 1.165) is 19.3 Å². The molecule has 0 atom stereocenters. The fourth-order valence-electron chi connectivity index (χ4n) is 4.76.